The van der Waals surface area contributed by atoms with E-state index in [1.54, 1.807) is 24.3 Å². The van der Waals surface area contributed by atoms with E-state index < -0.39 is 4.92 Å². The first-order chi connectivity index (χ1) is 15.9. The zero-order valence-corrected chi connectivity index (χ0v) is 19.5. The molecule has 1 saturated heterocycles. The van der Waals surface area contributed by atoms with Gasteiger partial charge in [-0.25, -0.2) is 4.98 Å². The highest BCUT2D eigenvalue weighted by atomic mass is 16.6. The average Bonchev–Trinajstić information content (AvgIpc) is 2.80. The maximum absolute atomic E-state index is 11.9. The molecule has 0 spiro atoms. The van der Waals surface area contributed by atoms with Gasteiger partial charge in [-0.1, -0.05) is 32.9 Å². The molecule has 1 aliphatic rings. The van der Waals surface area contributed by atoms with Gasteiger partial charge in [0.05, 0.1) is 4.92 Å². The highest BCUT2D eigenvalue weighted by Crippen LogP contribution is 2.37. The van der Waals surface area contributed by atoms with Crippen LogP contribution in [-0.4, -0.2) is 47.0 Å². The van der Waals surface area contributed by atoms with E-state index in [1.165, 1.54) is 6.33 Å². The van der Waals surface area contributed by atoms with E-state index in [1.807, 2.05) is 11.8 Å². The minimum Gasteiger partial charge on any atom is -0.434 e. The van der Waals surface area contributed by atoms with Crippen LogP contribution in [0, 0.1) is 22.0 Å². The summed E-state index contributed by atoms with van der Waals surface area (Å²) in [5.74, 6) is 1.69. The first-order valence-corrected chi connectivity index (χ1v) is 11.5. The number of carbonyl (C=O) groups is 1. The molecular weight excluding hydrogens is 424 g/mol. The monoisotopic (exact) mass is 456 g/mol. The van der Waals surface area contributed by atoms with E-state index >= 15 is 0 Å². The molecular formula is C24H32N4O5. The minimum atomic E-state index is -0.489. The summed E-state index contributed by atoms with van der Waals surface area (Å²) >= 11 is 0. The van der Waals surface area contributed by atoms with Crippen molar-refractivity contribution in [2.24, 2.45) is 11.8 Å². The molecule has 0 bridgehead atoms. The lowest BCUT2D eigenvalue weighted by Crippen LogP contribution is -2.36. The first kappa shape index (κ1) is 24.6. The molecule has 0 aliphatic carbocycles. The van der Waals surface area contributed by atoms with Gasteiger partial charge in [-0.3, -0.25) is 14.9 Å². The Kier molecular flexibility index (Phi) is 8.71. The van der Waals surface area contributed by atoms with Gasteiger partial charge in [-0.2, -0.15) is 4.98 Å². The van der Waals surface area contributed by atoms with Crippen LogP contribution in [0.2, 0.25) is 0 Å². The standard InChI is InChI=1S/C24H32N4O5/c1-4-20(29)13-18-5-7-21(8-6-18)33-24-22(28(30)31)23(25-16-26-24)27-11-9-19(10-12-27)15-32-14-17(2)3/h5-8,16-17,19H,4,9-15H2,1-3H3. The number of ether oxygens (including phenoxy) is 2. The van der Waals surface area contributed by atoms with Gasteiger partial charge in [0.2, 0.25) is 5.82 Å². The Morgan fingerprint density at radius 1 is 1.21 bits per heavy atom. The van der Waals surface area contributed by atoms with Gasteiger partial charge >= 0.3 is 11.6 Å². The van der Waals surface area contributed by atoms with E-state index in [9.17, 15) is 14.9 Å². The normalized spacial score (nSPS) is 14.5. The number of nitrogens with zero attached hydrogens (tertiary/aromatic N) is 4. The summed E-state index contributed by atoms with van der Waals surface area (Å²) in [5.41, 5.74) is 0.629. The minimum absolute atomic E-state index is 0.0928. The van der Waals surface area contributed by atoms with Crippen LogP contribution in [0.15, 0.2) is 30.6 Å². The fourth-order valence-corrected chi connectivity index (χ4v) is 3.74. The fourth-order valence-electron chi connectivity index (χ4n) is 3.74. The summed E-state index contributed by atoms with van der Waals surface area (Å²) in [5, 5.41) is 11.9. The molecule has 1 fully saturated rings. The van der Waals surface area contributed by atoms with Crippen molar-refractivity contribution in [1.82, 2.24) is 9.97 Å². The SMILES string of the molecule is CCC(=O)Cc1ccc(Oc2ncnc(N3CCC(COCC(C)C)CC3)c2[N+](=O)[O-])cc1. The number of aromatic nitrogens is 2. The average molecular weight is 457 g/mol. The Balaban J connectivity index is 1.69. The van der Waals surface area contributed by atoms with Crippen LogP contribution in [0.5, 0.6) is 11.6 Å². The Bertz CT molecular complexity index is 940. The maximum atomic E-state index is 11.9. The van der Waals surface area contributed by atoms with Crippen molar-refractivity contribution in [2.75, 3.05) is 31.2 Å². The summed E-state index contributed by atoms with van der Waals surface area (Å²) in [4.78, 5) is 33.2. The van der Waals surface area contributed by atoms with Crippen molar-refractivity contribution in [3.63, 3.8) is 0 Å². The zero-order chi connectivity index (χ0) is 23.8. The van der Waals surface area contributed by atoms with Gasteiger partial charge in [0.15, 0.2) is 0 Å². The highest BCUT2D eigenvalue weighted by molar-refractivity contribution is 5.80. The molecule has 9 nitrogen and oxygen atoms in total. The Morgan fingerprint density at radius 3 is 2.52 bits per heavy atom. The van der Waals surface area contributed by atoms with Crippen LogP contribution in [0.1, 0.15) is 45.6 Å². The molecule has 2 heterocycles. The van der Waals surface area contributed by atoms with Crippen molar-refractivity contribution in [3.05, 3.63) is 46.3 Å². The smallest absolute Gasteiger partial charge is 0.373 e. The topological polar surface area (TPSA) is 108 Å². The van der Waals surface area contributed by atoms with Gasteiger partial charge in [0, 0.05) is 39.1 Å². The quantitative estimate of drug-likeness (QED) is 0.357. The lowest BCUT2D eigenvalue weighted by molar-refractivity contribution is -0.385. The summed E-state index contributed by atoms with van der Waals surface area (Å²) in [6.45, 7) is 8.85. The molecule has 0 saturated carbocycles. The second kappa shape index (κ2) is 11.7. The third kappa shape index (κ3) is 6.95. The van der Waals surface area contributed by atoms with Gasteiger partial charge in [-0.15, -0.1) is 0 Å². The molecule has 2 aromatic rings. The van der Waals surface area contributed by atoms with E-state index in [0.717, 1.165) is 25.0 Å². The van der Waals surface area contributed by atoms with E-state index in [-0.39, 0.29) is 23.2 Å². The van der Waals surface area contributed by atoms with Crippen LogP contribution in [0.4, 0.5) is 11.5 Å². The predicted molar refractivity (Wildman–Crippen MR) is 125 cm³/mol. The second-order valence-corrected chi connectivity index (χ2v) is 8.78. The van der Waals surface area contributed by atoms with Gasteiger partial charge in [-0.05, 0) is 42.4 Å². The lowest BCUT2D eigenvalue weighted by atomic mass is 9.97. The number of ketones is 1. The summed E-state index contributed by atoms with van der Waals surface area (Å²) in [6.07, 6.45) is 3.90. The highest BCUT2D eigenvalue weighted by Gasteiger charge is 2.31. The molecule has 1 aromatic heterocycles. The molecule has 0 unspecified atom stereocenters. The summed E-state index contributed by atoms with van der Waals surface area (Å²) in [6, 6.07) is 6.94. The van der Waals surface area contributed by atoms with E-state index in [0.29, 0.717) is 50.1 Å². The predicted octanol–water partition coefficient (Wildman–Crippen LogP) is 4.59. The van der Waals surface area contributed by atoms with Crippen molar-refractivity contribution >= 4 is 17.3 Å². The Labute approximate surface area is 194 Å². The number of anilines is 1. The third-order valence-corrected chi connectivity index (χ3v) is 5.60. The molecule has 0 atom stereocenters. The van der Waals surface area contributed by atoms with Crippen molar-refractivity contribution in [3.8, 4) is 11.6 Å². The fraction of sp³-hybridized carbons (Fsp3) is 0.542. The lowest BCUT2D eigenvalue weighted by Gasteiger charge is -2.32. The summed E-state index contributed by atoms with van der Waals surface area (Å²) in [7, 11) is 0. The second-order valence-electron chi connectivity index (χ2n) is 8.78. The largest absolute Gasteiger partial charge is 0.434 e. The molecule has 33 heavy (non-hydrogen) atoms. The number of rotatable bonds is 11. The molecule has 1 aliphatic heterocycles. The number of Topliss-reactive ketones (excluding diaryl/α,β-unsaturated/α-hetero) is 1. The molecule has 0 N–H and O–H groups in total. The van der Waals surface area contributed by atoms with E-state index in [4.69, 9.17) is 9.47 Å². The number of carbonyl (C=O) groups excluding carboxylic acids is 1. The Hall–Kier alpha value is -3.07. The Morgan fingerprint density at radius 2 is 1.91 bits per heavy atom. The van der Waals surface area contributed by atoms with Gasteiger partial charge in [0.25, 0.3) is 0 Å². The number of benzene rings is 1. The molecule has 9 heteroatoms. The molecule has 178 valence electrons. The molecule has 0 radical (unpaired) electrons. The van der Waals surface area contributed by atoms with Gasteiger partial charge < -0.3 is 14.4 Å². The molecule has 0 amide bonds. The van der Waals surface area contributed by atoms with Crippen LogP contribution < -0.4 is 9.64 Å². The summed E-state index contributed by atoms with van der Waals surface area (Å²) < 4.78 is 11.5. The van der Waals surface area contributed by atoms with E-state index in [2.05, 4.69) is 23.8 Å². The zero-order valence-electron chi connectivity index (χ0n) is 19.5. The third-order valence-electron chi connectivity index (χ3n) is 5.60. The molecule has 1 aromatic carbocycles. The first-order valence-electron chi connectivity index (χ1n) is 11.5. The van der Waals surface area contributed by atoms with Crippen LogP contribution in [-0.2, 0) is 16.0 Å². The number of hydrogen-bond donors (Lipinski definition) is 0. The molecule has 3 rings (SSSR count). The number of piperidine rings is 1. The van der Waals surface area contributed by atoms with Gasteiger partial charge in [0.1, 0.15) is 17.9 Å². The van der Waals surface area contributed by atoms with Crippen molar-refractivity contribution < 1.29 is 19.2 Å². The van der Waals surface area contributed by atoms with Crippen LogP contribution in [0.25, 0.3) is 0 Å². The van der Waals surface area contributed by atoms with Crippen molar-refractivity contribution in [2.45, 2.75) is 46.5 Å². The van der Waals surface area contributed by atoms with Crippen LogP contribution in [0.3, 0.4) is 0 Å². The number of hydrogen-bond acceptors (Lipinski definition) is 8. The van der Waals surface area contributed by atoms with Crippen LogP contribution >= 0.6 is 0 Å². The number of nitro groups is 1. The maximum Gasteiger partial charge on any atom is 0.373 e. The van der Waals surface area contributed by atoms with Crippen molar-refractivity contribution in [1.29, 1.82) is 0 Å².